The van der Waals surface area contributed by atoms with Crippen LogP contribution in [0.2, 0.25) is 0 Å². The second kappa shape index (κ2) is 4.09. The Balaban J connectivity index is 2.61. The second-order valence-electron chi connectivity index (χ2n) is 2.56. The van der Waals surface area contributed by atoms with Gasteiger partial charge in [0.2, 0.25) is 0 Å². The van der Waals surface area contributed by atoms with Crippen molar-refractivity contribution in [3.8, 4) is 0 Å². The molecule has 11 heavy (non-hydrogen) atoms. The molecule has 2 nitrogen and oxygen atoms in total. The lowest BCUT2D eigenvalue weighted by molar-refractivity contribution is 0.162. The molecule has 0 fully saturated rings. The smallest absolute Gasteiger partial charge is 0.0959 e. The van der Waals surface area contributed by atoms with Gasteiger partial charge >= 0.3 is 0 Å². The highest BCUT2D eigenvalue weighted by atomic mass is 16.3. The third-order valence-corrected chi connectivity index (χ3v) is 1.59. The molecule has 0 aliphatic carbocycles. The Morgan fingerprint density at radius 1 is 1.55 bits per heavy atom. The molecule has 0 saturated heterocycles. The Morgan fingerprint density at radius 2 is 2.36 bits per heavy atom. The van der Waals surface area contributed by atoms with Gasteiger partial charge in [-0.25, -0.2) is 0 Å². The lowest BCUT2D eigenvalue weighted by Crippen LogP contribution is -1.98. The van der Waals surface area contributed by atoms with Gasteiger partial charge in [0, 0.05) is 6.20 Å². The SMILES string of the molecule is CCC[C@@H](O)c1ccccn1. The van der Waals surface area contributed by atoms with Gasteiger partial charge in [-0.05, 0) is 18.6 Å². The molecule has 0 aromatic carbocycles. The van der Waals surface area contributed by atoms with Crippen molar-refractivity contribution in [2.24, 2.45) is 0 Å². The molecule has 1 aromatic heterocycles. The zero-order valence-electron chi connectivity index (χ0n) is 6.70. The maximum atomic E-state index is 9.46. The van der Waals surface area contributed by atoms with E-state index in [-0.39, 0.29) is 6.10 Å². The summed E-state index contributed by atoms with van der Waals surface area (Å²) in [6.07, 6.45) is 3.09. The first-order chi connectivity index (χ1) is 5.34. The summed E-state index contributed by atoms with van der Waals surface area (Å²) in [5.41, 5.74) is 0.773. The van der Waals surface area contributed by atoms with Crippen LogP contribution in [0.4, 0.5) is 0 Å². The fourth-order valence-corrected chi connectivity index (χ4v) is 0.994. The van der Waals surface area contributed by atoms with Crippen LogP contribution in [-0.2, 0) is 0 Å². The number of aromatic nitrogens is 1. The summed E-state index contributed by atoms with van der Waals surface area (Å²) < 4.78 is 0. The first-order valence-electron chi connectivity index (χ1n) is 3.93. The quantitative estimate of drug-likeness (QED) is 0.715. The molecule has 60 valence electrons. The fraction of sp³-hybridized carbons (Fsp3) is 0.444. The van der Waals surface area contributed by atoms with Gasteiger partial charge in [0.05, 0.1) is 11.8 Å². The first kappa shape index (κ1) is 8.21. The Morgan fingerprint density at radius 3 is 2.91 bits per heavy atom. The monoisotopic (exact) mass is 151 g/mol. The molecule has 0 unspecified atom stereocenters. The van der Waals surface area contributed by atoms with Crippen molar-refractivity contribution in [3.05, 3.63) is 30.1 Å². The topological polar surface area (TPSA) is 33.1 Å². The van der Waals surface area contributed by atoms with E-state index in [1.54, 1.807) is 6.20 Å². The average molecular weight is 151 g/mol. The van der Waals surface area contributed by atoms with E-state index in [1.807, 2.05) is 25.1 Å². The van der Waals surface area contributed by atoms with E-state index in [2.05, 4.69) is 4.98 Å². The first-order valence-corrected chi connectivity index (χ1v) is 3.93. The Labute approximate surface area is 66.9 Å². The summed E-state index contributed by atoms with van der Waals surface area (Å²) in [5, 5.41) is 9.46. The summed E-state index contributed by atoms with van der Waals surface area (Å²) in [6.45, 7) is 2.05. The summed E-state index contributed by atoms with van der Waals surface area (Å²) >= 11 is 0. The summed E-state index contributed by atoms with van der Waals surface area (Å²) in [4.78, 5) is 4.05. The van der Waals surface area contributed by atoms with E-state index in [9.17, 15) is 5.11 Å². The number of pyridine rings is 1. The number of aliphatic hydroxyl groups excluding tert-OH is 1. The predicted octanol–water partition coefficient (Wildman–Crippen LogP) is 1.92. The molecule has 0 aliphatic heterocycles. The Kier molecular flexibility index (Phi) is 3.05. The van der Waals surface area contributed by atoms with Gasteiger partial charge in [-0.2, -0.15) is 0 Å². The van der Waals surface area contributed by atoms with Gasteiger partial charge < -0.3 is 5.11 Å². The molecular weight excluding hydrogens is 138 g/mol. The maximum Gasteiger partial charge on any atom is 0.0959 e. The predicted molar refractivity (Wildman–Crippen MR) is 44.1 cm³/mol. The van der Waals surface area contributed by atoms with Crippen molar-refractivity contribution in [3.63, 3.8) is 0 Å². The van der Waals surface area contributed by atoms with Crippen LogP contribution in [0.15, 0.2) is 24.4 Å². The number of nitrogens with zero attached hydrogens (tertiary/aromatic N) is 1. The largest absolute Gasteiger partial charge is 0.387 e. The molecular formula is C9H13NO. The molecule has 0 aliphatic rings. The number of hydrogen-bond donors (Lipinski definition) is 1. The van der Waals surface area contributed by atoms with Crippen molar-refractivity contribution in [1.82, 2.24) is 4.98 Å². The van der Waals surface area contributed by atoms with E-state index >= 15 is 0 Å². The van der Waals surface area contributed by atoms with Gasteiger partial charge in [-0.1, -0.05) is 19.4 Å². The van der Waals surface area contributed by atoms with E-state index in [0.717, 1.165) is 18.5 Å². The van der Waals surface area contributed by atoms with E-state index in [4.69, 9.17) is 0 Å². The zero-order valence-corrected chi connectivity index (χ0v) is 6.70. The normalized spacial score (nSPS) is 12.9. The van der Waals surface area contributed by atoms with Gasteiger partial charge in [0.1, 0.15) is 0 Å². The van der Waals surface area contributed by atoms with E-state index in [1.165, 1.54) is 0 Å². The fourth-order valence-electron chi connectivity index (χ4n) is 0.994. The van der Waals surface area contributed by atoms with Crippen molar-refractivity contribution in [2.75, 3.05) is 0 Å². The van der Waals surface area contributed by atoms with Gasteiger partial charge in [0.25, 0.3) is 0 Å². The molecule has 2 heteroatoms. The lowest BCUT2D eigenvalue weighted by atomic mass is 10.1. The lowest BCUT2D eigenvalue weighted by Gasteiger charge is -2.06. The molecule has 1 atom stereocenters. The molecule has 0 saturated carbocycles. The van der Waals surface area contributed by atoms with Crippen LogP contribution < -0.4 is 0 Å². The van der Waals surface area contributed by atoms with Crippen molar-refractivity contribution >= 4 is 0 Å². The molecule has 0 bridgehead atoms. The molecule has 1 aromatic rings. The van der Waals surface area contributed by atoms with Crippen LogP contribution in [0.1, 0.15) is 31.6 Å². The van der Waals surface area contributed by atoms with Crippen LogP contribution in [0, 0.1) is 0 Å². The van der Waals surface area contributed by atoms with Crippen molar-refractivity contribution in [1.29, 1.82) is 0 Å². The molecule has 0 amide bonds. The van der Waals surface area contributed by atoms with Gasteiger partial charge in [0.15, 0.2) is 0 Å². The summed E-state index contributed by atoms with van der Waals surface area (Å²) in [6, 6.07) is 5.59. The highest BCUT2D eigenvalue weighted by Crippen LogP contribution is 2.14. The van der Waals surface area contributed by atoms with E-state index in [0.29, 0.717) is 0 Å². The van der Waals surface area contributed by atoms with Crippen LogP contribution in [0.5, 0.6) is 0 Å². The Bertz CT molecular complexity index is 198. The summed E-state index contributed by atoms with van der Waals surface area (Å²) in [5.74, 6) is 0. The van der Waals surface area contributed by atoms with Crippen LogP contribution in [-0.4, -0.2) is 10.1 Å². The minimum Gasteiger partial charge on any atom is -0.387 e. The van der Waals surface area contributed by atoms with Crippen LogP contribution in [0.25, 0.3) is 0 Å². The highest BCUT2D eigenvalue weighted by Gasteiger charge is 2.05. The summed E-state index contributed by atoms with van der Waals surface area (Å²) in [7, 11) is 0. The van der Waals surface area contributed by atoms with Crippen LogP contribution in [0.3, 0.4) is 0 Å². The van der Waals surface area contributed by atoms with Crippen molar-refractivity contribution < 1.29 is 5.11 Å². The molecule has 1 heterocycles. The minimum atomic E-state index is -0.388. The third-order valence-electron chi connectivity index (χ3n) is 1.59. The second-order valence-corrected chi connectivity index (χ2v) is 2.56. The number of rotatable bonds is 3. The Hall–Kier alpha value is -0.890. The molecule has 0 spiro atoms. The highest BCUT2D eigenvalue weighted by molar-refractivity contribution is 5.06. The molecule has 1 N–H and O–H groups in total. The molecule has 1 rings (SSSR count). The van der Waals surface area contributed by atoms with E-state index < -0.39 is 0 Å². The maximum absolute atomic E-state index is 9.46. The minimum absolute atomic E-state index is 0.388. The number of hydrogen-bond acceptors (Lipinski definition) is 2. The molecule has 0 radical (unpaired) electrons. The van der Waals surface area contributed by atoms with Gasteiger partial charge in [-0.3, -0.25) is 4.98 Å². The standard InChI is InChI=1S/C9H13NO/c1-2-5-9(11)8-6-3-4-7-10-8/h3-4,6-7,9,11H,2,5H2,1H3/t9-/m1/s1. The van der Waals surface area contributed by atoms with Gasteiger partial charge in [-0.15, -0.1) is 0 Å². The van der Waals surface area contributed by atoms with Crippen LogP contribution >= 0.6 is 0 Å². The third kappa shape index (κ3) is 2.31. The average Bonchev–Trinajstić information content (AvgIpc) is 2.07. The van der Waals surface area contributed by atoms with Crippen molar-refractivity contribution in [2.45, 2.75) is 25.9 Å². The zero-order chi connectivity index (χ0) is 8.10. The number of aliphatic hydroxyl groups is 1.